The molecule has 1 atom stereocenters. The van der Waals surface area contributed by atoms with Crippen LogP contribution in [-0.4, -0.2) is 29.4 Å². The third-order valence-corrected chi connectivity index (χ3v) is 4.10. The predicted octanol–water partition coefficient (Wildman–Crippen LogP) is 4.06. The molecule has 0 amide bonds. The number of esters is 1. The first kappa shape index (κ1) is 17.7. The topological polar surface area (TPSA) is 68.4 Å². The molecule has 134 valence electrons. The van der Waals surface area contributed by atoms with E-state index in [0.717, 1.165) is 16.5 Å². The molecule has 0 bridgehead atoms. The van der Waals surface area contributed by atoms with Gasteiger partial charge in [0.1, 0.15) is 5.75 Å². The molecule has 0 saturated heterocycles. The fourth-order valence-corrected chi connectivity index (χ4v) is 2.76. The fraction of sp³-hybridized carbons (Fsp3) is 0.238. The van der Waals surface area contributed by atoms with E-state index in [-0.39, 0.29) is 18.8 Å². The average molecular weight is 351 g/mol. The SMILES string of the molecule is Cc1cccc(OCCC(=O)O[C@@H](C)C(=O)c2c[nH]c3ccccc23)c1. The van der Waals surface area contributed by atoms with Crippen molar-refractivity contribution in [3.63, 3.8) is 0 Å². The van der Waals surface area contributed by atoms with E-state index in [1.165, 1.54) is 0 Å². The maximum atomic E-state index is 12.6. The van der Waals surface area contributed by atoms with Crippen LogP contribution in [0.15, 0.2) is 54.7 Å². The summed E-state index contributed by atoms with van der Waals surface area (Å²) in [6.45, 7) is 3.76. The zero-order chi connectivity index (χ0) is 18.5. The van der Waals surface area contributed by atoms with Crippen LogP contribution >= 0.6 is 0 Å². The lowest BCUT2D eigenvalue weighted by molar-refractivity contribution is -0.146. The van der Waals surface area contributed by atoms with Gasteiger partial charge < -0.3 is 14.5 Å². The van der Waals surface area contributed by atoms with Crippen LogP contribution in [0.25, 0.3) is 10.9 Å². The van der Waals surface area contributed by atoms with Crippen LogP contribution in [0.1, 0.15) is 29.3 Å². The minimum atomic E-state index is -0.847. The second-order valence-electron chi connectivity index (χ2n) is 6.16. The molecule has 5 nitrogen and oxygen atoms in total. The van der Waals surface area contributed by atoms with E-state index >= 15 is 0 Å². The molecule has 2 aromatic carbocycles. The van der Waals surface area contributed by atoms with E-state index in [0.29, 0.717) is 11.3 Å². The van der Waals surface area contributed by atoms with Crippen LogP contribution in [0.5, 0.6) is 5.75 Å². The summed E-state index contributed by atoms with van der Waals surface area (Å²) in [5.74, 6) is 0.0227. The monoisotopic (exact) mass is 351 g/mol. The molecule has 3 rings (SSSR count). The number of ether oxygens (including phenoxy) is 2. The highest BCUT2D eigenvalue weighted by molar-refractivity contribution is 6.10. The molecule has 0 unspecified atom stereocenters. The number of fused-ring (bicyclic) bond motifs is 1. The second-order valence-corrected chi connectivity index (χ2v) is 6.16. The minimum Gasteiger partial charge on any atom is -0.493 e. The summed E-state index contributed by atoms with van der Waals surface area (Å²) in [6.07, 6.45) is 0.887. The van der Waals surface area contributed by atoms with E-state index in [1.54, 1.807) is 13.1 Å². The number of aromatic amines is 1. The molecular formula is C21H21NO4. The van der Waals surface area contributed by atoms with Crippen molar-refractivity contribution in [3.8, 4) is 5.75 Å². The molecule has 1 heterocycles. The third-order valence-electron chi connectivity index (χ3n) is 4.10. The number of aryl methyl sites for hydroxylation is 1. The van der Waals surface area contributed by atoms with Gasteiger partial charge in [-0.15, -0.1) is 0 Å². The Morgan fingerprint density at radius 3 is 2.73 bits per heavy atom. The third kappa shape index (κ3) is 4.11. The number of carbonyl (C=O) groups is 2. The molecule has 1 aromatic heterocycles. The van der Waals surface area contributed by atoms with Crippen molar-refractivity contribution < 1.29 is 19.1 Å². The highest BCUT2D eigenvalue weighted by Crippen LogP contribution is 2.20. The van der Waals surface area contributed by atoms with Gasteiger partial charge in [0.2, 0.25) is 5.78 Å². The lowest BCUT2D eigenvalue weighted by Gasteiger charge is -2.12. The molecular weight excluding hydrogens is 330 g/mol. The number of aromatic nitrogens is 1. The van der Waals surface area contributed by atoms with Crippen molar-refractivity contribution in [1.29, 1.82) is 0 Å². The van der Waals surface area contributed by atoms with Gasteiger partial charge in [-0.1, -0.05) is 30.3 Å². The second kappa shape index (κ2) is 7.87. The summed E-state index contributed by atoms with van der Waals surface area (Å²) in [4.78, 5) is 27.6. The normalized spacial score (nSPS) is 11.9. The van der Waals surface area contributed by atoms with Crippen LogP contribution in [0.3, 0.4) is 0 Å². The van der Waals surface area contributed by atoms with Crippen molar-refractivity contribution in [3.05, 3.63) is 65.9 Å². The zero-order valence-corrected chi connectivity index (χ0v) is 14.8. The Hall–Kier alpha value is -3.08. The molecule has 0 aliphatic rings. The Labute approximate surface area is 151 Å². The lowest BCUT2D eigenvalue weighted by Crippen LogP contribution is -2.25. The number of Topliss-reactive ketones (excluding diaryl/α,β-unsaturated/α-hetero) is 1. The average Bonchev–Trinajstić information content (AvgIpc) is 3.05. The van der Waals surface area contributed by atoms with Crippen molar-refractivity contribution in [2.24, 2.45) is 0 Å². The van der Waals surface area contributed by atoms with E-state index < -0.39 is 12.1 Å². The van der Waals surface area contributed by atoms with Crippen molar-refractivity contribution in [1.82, 2.24) is 4.98 Å². The number of hydrogen-bond donors (Lipinski definition) is 1. The van der Waals surface area contributed by atoms with Crippen LogP contribution < -0.4 is 4.74 Å². The summed E-state index contributed by atoms with van der Waals surface area (Å²) in [7, 11) is 0. The van der Waals surface area contributed by atoms with E-state index in [1.807, 2.05) is 55.5 Å². The Balaban J connectivity index is 1.53. The van der Waals surface area contributed by atoms with Crippen LogP contribution in [0.2, 0.25) is 0 Å². The Morgan fingerprint density at radius 2 is 1.92 bits per heavy atom. The number of hydrogen-bond acceptors (Lipinski definition) is 4. The summed E-state index contributed by atoms with van der Waals surface area (Å²) in [5.41, 5.74) is 2.49. The number of H-pyrrole nitrogens is 1. The summed E-state index contributed by atoms with van der Waals surface area (Å²) >= 11 is 0. The van der Waals surface area contributed by atoms with Gasteiger partial charge in [0, 0.05) is 22.7 Å². The number of para-hydroxylation sites is 1. The molecule has 0 aliphatic heterocycles. The standard InChI is InChI=1S/C21H21NO4/c1-14-6-5-7-16(12-14)25-11-10-20(23)26-15(2)21(24)18-13-22-19-9-4-3-8-17(18)19/h3-9,12-13,15,22H,10-11H2,1-2H3/t15-/m0/s1. The van der Waals surface area contributed by atoms with Gasteiger partial charge in [0.05, 0.1) is 13.0 Å². The number of rotatable bonds is 7. The smallest absolute Gasteiger partial charge is 0.309 e. The van der Waals surface area contributed by atoms with Crippen molar-refractivity contribution in [2.45, 2.75) is 26.4 Å². The Morgan fingerprint density at radius 1 is 1.12 bits per heavy atom. The zero-order valence-electron chi connectivity index (χ0n) is 14.8. The summed E-state index contributed by atoms with van der Waals surface area (Å²) < 4.78 is 10.8. The van der Waals surface area contributed by atoms with E-state index in [9.17, 15) is 9.59 Å². The minimum absolute atomic E-state index is 0.0828. The first-order chi connectivity index (χ1) is 12.5. The largest absolute Gasteiger partial charge is 0.493 e. The number of carbonyl (C=O) groups excluding carboxylic acids is 2. The maximum Gasteiger partial charge on any atom is 0.309 e. The number of nitrogens with one attached hydrogen (secondary N) is 1. The molecule has 0 spiro atoms. The summed E-state index contributed by atoms with van der Waals surface area (Å²) in [6, 6.07) is 15.1. The molecule has 0 fully saturated rings. The van der Waals surface area contributed by atoms with Crippen molar-refractivity contribution in [2.75, 3.05) is 6.61 Å². The van der Waals surface area contributed by atoms with Gasteiger partial charge in [-0.25, -0.2) is 0 Å². The maximum absolute atomic E-state index is 12.6. The number of ketones is 1. The van der Waals surface area contributed by atoms with Crippen LogP contribution in [0, 0.1) is 6.92 Å². The Bertz CT molecular complexity index is 928. The first-order valence-electron chi connectivity index (χ1n) is 8.54. The lowest BCUT2D eigenvalue weighted by atomic mass is 10.1. The summed E-state index contributed by atoms with van der Waals surface area (Å²) in [5, 5.41) is 0.822. The molecule has 0 aliphatic carbocycles. The molecule has 5 heteroatoms. The molecule has 3 aromatic rings. The number of benzene rings is 2. The van der Waals surface area contributed by atoms with Crippen molar-refractivity contribution >= 4 is 22.7 Å². The van der Waals surface area contributed by atoms with Gasteiger partial charge in [-0.2, -0.15) is 0 Å². The highest BCUT2D eigenvalue weighted by atomic mass is 16.5. The van der Waals surface area contributed by atoms with Crippen LogP contribution in [-0.2, 0) is 9.53 Å². The quantitative estimate of drug-likeness (QED) is 0.515. The van der Waals surface area contributed by atoms with E-state index in [2.05, 4.69) is 4.98 Å². The van der Waals surface area contributed by atoms with E-state index in [4.69, 9.17) is 9.47 Å². The molecule has 0 radical (unpaired) electrons. The molecule has 1 N–H and O–H groups in total. The molecule has 26 heavy (non-hydrogen) atoms. The first-order valence-corrected chi connectivity index (χ1v) is 8.54. The van der Waals surface area contributed by atoms with Gasteiger partial charge in [0.25, 0.3) is 0 Å². The highest BCUT2D eigenvalue weighted by Gasteiger charge is 2.22. The van der Waals surface area contributed by atoms with Gasteiger partial charge in [-0.3, -0.25) is 9.59 Å². The Kier molecular flexibility index (Phi) is 5.37. The van der Waals surface area contributed by atoms with Gasteiger partial charge in [0.15, 0.2) is 6.10 Å². The molecule has 0 saturated carbocycles. The van der Waals surface area contributed by atoms with Gasteiger partial charge in [-0.05, 0) is 37.6 Å². The van der Waals surface area contributed by atoms with Crippen LogP contribution in [0.4, 0.5) is 0 Å². The van der Waals surface area contributed by atoms with Gasteiger partial charge >= 0.3 is 5.97 Å². The fourth-order valence-electron chi connectivity index (χ4n) is 2.76. The predicted molar refractivity (Wildman–Crippen MR) is 99.5 cm³/mol.